The highest BCUT2D eigenvalue weighted by Crippen LogP contribution is 2.23. The number of amides is 8. The molecule has 0 spiro atoms. The number of carbonyl (C=O) groups excluding carboxylic acids is 8. The van der Waals surface area contributed by atoms with Gasteiger partial charge in [-0.3, -0.25) is 38.4 Å². The van der Waals surface area contributed by atoms with Crippen molar-refractivity contribution in [3.63, 3.8) is 0 Å². The van der Waals surface area contributed by atoms with Crippen molar-refractivity contribution in [2.45, 2.75) is 128 Å². The summed E-state index contributed by atoms with van der Waals surface area (Å²) in [5, 5.41) is 36.6. The number of rotatable bonds is 8. The highest BCUT2D eigenvalue weighted by molar-refractivity contribution is 5.99. The molecule has 1 aromatic rings. The van der Waals surface area contributed by atoms with Crippen molar-refractivity contribution in [2.24, 2.45) is 11.8 Å². The predicted molar refractivity (Wildman–Crippen MR) is 210 cm³/mol. The van der Waals surface area contributed by atoms with Crippen LogP contribution < -0.4 is 31.9 Å². The number of nitrogens with one attached hydrogen (secondary N) is 6. The molecule has 0 bridgehead atoms. The summed E-state index contributed by atoms with van der Waals surface area (Å²) in [6.07, 6.45) is 0.547. The molecule has 3 aliphatic heterocycles. The van der Waals surface area contributed by atoms with Crippen LogP contribution in [0.1, 0.15) is 78.7 Å². The second-order valence-corrected chi connectivity index (χ2v) is 15.9. The summed E-state index contributed by atoms with van der Waals surface area (Å²) >= 11 is 0. The number of fused-ring (bicyclic) bond motifs is 2. The van der Waals surface area contributed by atoms with Gasteiger partial charge in [-0.2, -0.15) is 0 Å². The summed E-state index contributed by atoms with van der Waals surface area (Å²) < 4.78 is 0. The zero-order valence-electron chi connectivity index (χ0n) is 34.0. The van der Waals surface area contributed by atoms with Gasteiger partial charge in [-0.25, -0.2) is 0 Å². The molecule has 3 fully saturated rings. The largest absolute Gasteiger partial charge is 0.394 e. The zero-order valence-corrected chi connectivity index (χ0v) is 34.0. The number of carbonyl (C=O) groups is 8. The maximum absolute atomic E-state index is 14.1. The second kappa shape index (κ2) is 21.1. The van der Waals surface area contributed by atoms with Crippen molar-refractivity contribution < 1.29 is 48.6 Å². The Balaban J connectivity index is 1.71. The van der Waals surface area contributed by atoms with Gasteiger partial charge in [-0.1, -0.05) is 64.4 Å². The van der Waals surface area contributed by atoms with Crippen LogP contribution >= 0.6 is 0 Å². The van der Waals surface area contributed by atoms with Crippen LogP contribution in [0.25, 0.3) is 0 Å². The summed E-state index contributed by atoms with van der Waals surface area (Å²) in [6, 6.07) is 0.282. The van der Waals surface area contributed by atoms with Crippen molar-refractivity contribution in [3.05, 3.63) is 35.9 Å². The molecule has 8 amide bonds. The Morgan fingerprint density at radius 3 is 1.76 bits per heavy atom. The first-order chi connectivity index (χ1) is 27.6. The Bertz CT molecular complexity index is 1660. The first-order valence-electron chi connectivity index (χ1n) is 20.3. The van der Waals surface area contributed by atoms with Crippen molar-refractivity contribution in [3.8, 4) is 0 Å². The molecule has 1 aromatic carbocycles. The lowest BCUT2D eigenvalue weighted by atomic mass is 9.97. The smallest absolute Gasteiger partial charge is 0.248 e. The van der Waals surface area contributed by atoms with Crippen LogP contribution in [-0.2, 0) is 44.8 Å². The minimum atomic E-state index is -1.53. The van der Waals surface area contributed by atoms with Gasteiger partial charge < -0.3 is 51.9 Å². The highest BCUT2D eigenvalue weighted by atomic mass is 16.3. The molecule has 4 rings (SSSR count). The predicted octanol–water partition coefficient (Wildman–Crippen LogP) is -1.77. The van der Waals surface area contributed by atoms with Crippen LogP contribution in [0.5, 0.6) is 0 Å². The molecule has 3 saturated heterocycles. The minimum Gasteiger partial charge on any atom is -0.394 e. The van der Waals surface area contributed by atoms with E-state index in [9.17, 15) is 48.6 Å². The van der Waals surface area contributed by atoms with Crippen molar-refractivity contribution in [2.75, 3.05) is 26.2 Å². The second-order valence-electron chi connectivity index (χ2n) is 15.9. The van der Waals surface area contributed by atoms with Crippen LogP contribution in [0.15, 0.2) is 30.3 Å². The molecule has 3 aliphatic rings. The van der Waals surface area contributed by atoms with Gasteiger partial charge in [-0.15, -0.1) is 0 Å². The van der Waals surface area contributed by atoms with Crippen LogP contribution in [0.3, 0.4) is 0 Å². The van der Waals surface area contributed by atoms with Crippen molar-refractivity contribution in [1.29, 1.82) is 0 Å². The molecule has 58 heavy (non-hydrogen) atoms. The van der Waals surface area contributed by atoms with Crippen molar-refractivity contribution in [1.82, 2.24) is 41.7 Å². The van der Waals surface area contributed by atoms with E-state index in [-0.39, 0.29) is 44.7 Å². The van der Waals surface area contributed by atoms with Gasteiger partial charge in [0.1, 0.15) is 42.3 Å². The molecule has 3 heterocycles. The molecule has 0 radical (unpaired) electrons. The number of aliphatic hydroxyl groups excluding tert-OH is 2. The molecule has 320 valence electrons. The summed E-state index contributed by atoms with van der Waals surface area (Å²) in [7, 11) is 0. The van der Waals surface area contributed by atoms with Crippen LogP contribution in [0.2, 0.25) is 0 Å². The van der Waals surface area contributed by atoms with Gasteiger partial charge in [0.05, 0.1) is 19.3 Å². The van der Waals surface area contributed by atoms with Gasteiger partial charge in [-0.05, 0) is 56.4 Å². The number of aliphatic hydroxyl groups is 2. The monoisotopic (exact) mass is 812 g/mol. The van der Waals surface area contributed by atoms with Gasteiger partial charge in [0.15, 0.2) is 0 Å². The molecule has 0 aliphatic carbocycles. The molecule has 9 unspecified atom stereocenters. The van der Waals surface area contributed by atoms with E-state index < -0.39 is 115 Å². The van der Waals surface area contributed by atoms with Crippen LogP contribution in [-0.4, -0.2) is 142 Å². The number of hydrogen-bond acceptors (Lipinski definition) is 10. The molecular formula is C40H60N8O10. The molecule has 0 aromatic heterocycles. The van der Waals surface area contributed by atoms with E-state index in [0.29, 0.717) is 24.8 Å². The van der Waals surface area contributed by atoms with Gasteiger partial charge in [0.25, 0.3) is 0 Å². The van der Waals surface area contributed by atoms with E-state index in [1.54, 1.807) is 37.3 Å². The SMILES string of the molecule is CCC(C)C1NC(=O)C(Cc2ccccc2)NC(=O)C2CCCN2C(=O)C(CO)NC(=O)C2CCCN2C(=O)C(CC(C)C)NC(=O)C(C(C)O)NC(=O)CNC1=O. The fourth-order valence-corrected chi connectivity index (χ4v) is 7.60. The summed E-state index contributed by atoms with van der Waals surface area (Å²) in [5.41, 5.74) is 0.700. The van der Waals surface area contributed by atoms with Crippen LogP contribution in [0, 0.1) is 11.8 Å². The maximum Gasteiger partial charge on any atom is 0.248 e. The number of hydrogen-bond donors (Lipinski definition) is 8. The Hall–Kier alpha value is -5.10. The fourth-order valence-electron chi connectivity index (χ4n) is 7.60. The first-order valence-corrected chi connectivity index (χ1v) is 20.3. The lowest BCUT2D eigenvalue weighted by Crippen LogP contribution is -2.62. The zero-order chi connectivity index (χ0) is 42.7. The van der Waals surface area contributed by atoms with E-state index in [1.807, 2.05) is 20.8 Å². The summed E-state index contributed by atoms with van der Waals surface area (Å²) in [5.74, 6) is -6.28. The Morgan fingerprint density at radius 1 is 0.672 bits per heavy atom. The lowest BCUT2D eigenvalue weighted by Gasteiger charge is -2.33. The third-order valence-corrected chi connectivity index (χ3v) is 11.0. The average Bonchev–Trinajstić information content (AvgIpc) is 3.90. The number of benzene rings is 1. The molecular weight excluding hydrogens is 752 g/mol. The lowest BCUT2D eigenvalue weighted by molar-refractivity contribution is -0.145. The van der Waals surface area contributed by atoms with E-state index >= 15 is 0 Å². The summed E-state index contributed by atoms with van der Waals surface area (Å²) in [4.78, 5) is 113. The average molecular weight is 813 g/mol. The Morgan fingerprint density at radius 2 is 1.22 bits per heavy atom. The quantitative estimate of drug-likeness (QED) is 0.147. The van der Waals surface area contributed by atoms with Crippen LogP contribution in [0.4, 0.5) is 0 Å². The minimum absolute atomic E-state index is 0.0308. The van der Waals surface area contributed by atoms with Gasteiger partial charge >= 0.3 is 0 Å². The molecule has 9 atom stereocenters. The first kappa shape index (κ1) is 45.6. The highest BCUT2D eigenvalue weighted by Gasteiger charge is 2.43. The third kappa shape index (κ3) is 11.7. The topological polar surface area (TPSA) is 256 Å². The summed E-state index contributed by atoms with van der Waals surface area (Å²) in [6.45, 7) is 7.37. The van der Waals surface area contributed by atoms with E-state index in [0.717, 1.165) is 0 Å². The number of nitrogens with zero attached hydrogens (tertiary/aromatic N) is 2. The van der Waals surface area contributed by atoms with E-state index in [1.165, 1.54) is 16.7 Å². The normalized spacial score (nSPS) is 28.6. The fraction of sp³-hybridized carbons (Fsp3) is 0.650. The van der Waals surface area contributed by atoms with Gasteiger partial charge in [0, 0.05) is 19.5 Å². The van der Waals surface area contributed by atoms with E-state index in [2.05, 4.69) is 31.9 Å². The standard InChI is InChI=1S/C40H60N8O10/c1-6-23(4)32-37(55)41-20-31(51)45-33(24(5)50)38(56)43-27(18-22(2)3)39(57)47-16-10-15-30(47)36(54)44-28(21-49)40(58)48-17-11-14-29(48)35(53)42-26(34(52)46-32)19-25-12-8-7-9-13-25/h7-9,12-13,22-24,26-30,32-33,49-50H,6,10-11,14-21H2,1-5H3,(H,41,55)(H,42,53)(H,43,56)(H,44,54)(H,45,51)(H,46,52). The van der Waals surface area contributed by atoms with E-state index in [4.69, 9.17) is 0 Å². The molecule has 18 heteroatoms. The molecule has 18 nitrogen and oxygen atoms in total. The third-order valence-electron chi connectivity index (χ3n) is 11.0. The molecule has 0 saturated carbocycles. The Labute approximate surface area is 339 Å². The Kier molecular flexibility index (Phi) is 16.6. The van der Waals surface area contributed by atoms with Crippen molar-refractivity contribution >= 4 is 47.3 Å². The molecule has 8 N–H and O–H groups in total. The maximum atomic E-state index is 14.1. The van der Waals surface area contributed by atoms with Gasteiger partial charge in [0.2, 0.25) is 47.3 Å².